The molecule has 0 aliphatic heterocycles. The highest BCUT2D eigenvalue weighted by molar-refractivity contribution is 5.81. The highest BCUT2D eigenvalue weighted by Crippen LogP contribution is 2.27. The van der Waals surface area contributed by atoms with Gasteiger partial charge in [0.1, 0.15) is 13.2 Å². The molecule has 0 saturated heterocycles. The smallest absolute Gasteiger partial charge is 0.311 e. The van der Waals surface area contributed by atoms with Crippen LogP contribution < -0.4 is 4.74 Å². The molecule has 0 amide bonds. The second-order valence-corrected chi connectivity index (χ2v) is 3.49. The highest BCUT2D eigenvalue weighted by Gasteiger charge is 2.16. The molecule has 0 aliphatic carbocycles. The van der Waals surface area contributed by atoms with Gasteiger partial charge in [0, 0.05) is 13.2 Å². The van der Waals surface area contributed by atoms with Crippen LogP contribution in [0, 0.1) is 17.0 Å². The Balaban J connectivity index is 2.77. The summed E-state index contributed by atoms with van der Waals surface area (Å²) >= 11 is 0. The van der Waals surface area contributed by atoms with Crippen LogP contribution in [0.15, 0.2) is 18.2 Å². The van der Waals surface area contributed by atoms with E-state index in [2.05, 4.69) is 4.74 Å². The zero-order valence-corrected chi connectivity index (χ0v) is 9.63. The number of nitro groups is 1. The van der Waals surface area contributed by atoms with Crippen molar-refractivity contribution in [3.63, 3.8) is 0 Å². The number of Topliss-reactive ketones (excluding diaryl/α,β-unsaturated/α-hetero) is 1. The summed E-state index contributed by atoms with van der Waals surface area (Å²) in [5.74, 6) is -0.188. The first-order valence-corrected chi connectivity index (χ1v) is 4.93. The van der Waals surface area contributed by atoms with Crippen LogP contribution in [0.3, 0.4) is 0 Å². The van der Waals surface area contributed by atoms with Crippen LogP contribution >= 0.6 is 0 Å². The number of nitrogens with zero attached hydrogens (tertiary/aromatic N) is 1. The number of hydrogen-bond donors (Lipinski definition) is 0. The summed E-state index contributed by atoms with van der Waals surface area (Å²) in [4.78, 5) is 21.4. The molecule has 0 saturated carbocycles. The fraction of sp³-hybridized carbons (Fsp3) is 0.364. The topological polar surface area (TPSA) is 78.7 Å². The Bertz CT molecular complexity index is 430. The van der Waals surface area contributed by atoms with Gasteiger partial charge in [-0.1, -0.05) is 6.07 Å². The van der Waals surface area contributed by atoms with E-state index in [0.29, 0.717) is 0 Å². The lowest BCUT2D eigenvalue weighted by molar-refractivity contribution is -0.385. The average Bonchev–Trinajstić information content (AvgIpc) is 2.27. The normalized spacial score (nSPS) is 10.0. The Morgan fingerprint density at radius 2 is 2.12 bits per heavy atom. The maximum atomic E-state index is 11.1. The first-order valence-electron chi connectivity index (χ1n) is 4.93. The van der Waals surface area contributed by atoms with Crippen molar-refractivity contribution in [1.82, 2.24) is 0 Å². The number of carbonyl (C=O) groups is 1. The van der Waals surface area contributed by atoms with E-state index >= 15 is 0 Å². The van der Waals surface area contributed by atoms with Gasteiger partial charge in [0.05, 0.1) is 4.92 Å². The van der Waals surface area contributed by atoms with Crippen LogP contribution in [-0.2, 0) is 9.53 Å². The number of aryl methyl sites for hydroxylation is 1. The lowest BCUT2D eigenvalue weighted by Crippen LogP contribution is -2.16. The fourth-order valence-corrected chi connectivity index (χ4v) is 1.25. The van der Waals surface area contributed by atoms with Crippen molar-refractivity contribution in [2.24, 2.45) is 0 Å². The Hall–Kier alpha value is -1.95. The minimum Gasteiger partial charge on any atom is -0.479 e. The highest BCUT2D eigenvalue weighted by atomic mass is 16.6. The summed E-state index contributed by atoms with van der Waals surface area (Å²) in [6.45, 7) is 1.43. The number of ether oxygens (including phenoxy) is 2. The number of benzene rings is 1. The van der Waals surface area contributed by atoms with Gasteiger partial charge in [0.25, 0.3) is 0 Å². The Labute approximate surface area is 98.3 Å². The van der Waals surface area contributed by atoms with E-state index in [1.807, 2.05) is 0 Å². The number of hydrogen-bond acceptors (Lipinski definition) is 5. The fourth-order valence-electron chi connectivity index (χ4n) is 1.25. The summed E-state index contributed by atoms with van der Waals surface area (Å²) in [7, 11) is 1.40. The van der Waals surface area contributed by atoms with Gasteiger partial charge >= 0.3 is 5.69 Å². The van der Waals surface area contributed by atoms with Crippen molar-refractivity contribution in [3.05, 3.63) is 33.9 Å². The van der Waals surface area contributed by atoms with Crippen LogP contribution in [0.4, 0.5) is 5.69 Å². The predicted octanol–water partition coefficient (Wildman–Crippen LogP) is 1.50. The van der Waals surface area contributed by atoms with Crippen LogP contribution in [0.2, 0.25) is 0 Å². The second kappa shape index (κ2) is 5.95. The third-order valence-electron chi connectivity index (χ3n) is 2.01. The largest absolute Gasteiger partial charge is 0.479 e. The van der Waals surface area contributed by atoms with E-state index in [-0.39, 0.29) is 30.4 Å². The van der Waals surface area contributed by atoms with E-state index in [4.69, 9.17) is 4.74 Å². The molecule has 1 aromatic carbocycles. The van der Waals surface area contributed by atoms with Crippen molar-refractivity contribution in [2.75, 3.05) is 20.3 Å². The van der Waals surface area contributed by atoms with Crippen molar-refractivity contribution in [1.29, 1.82) is 0 Å². The first kappa shape index (κ1) is 13.1. The molecule has 92 valence electrons. The van der Waals surface area contributed by atoms with Gasteiger partial charge in [-0.05, 0) is 18.6 Å². The molecular weight excluding hydrogens is 226 g/mol. The summed E-state index contributed by atoms with van der Waals surface area (Å²) in [5.41, 5.74) is 0.613. The molecule has 0 atom stereocenters. The van der Waals surface area contributed by atoms with Gasteiger partial charge in [-0.25, -0.2) is 0 Å². The molecule has 6 nitrogen and oxygen atoms in total. The van der Waals surface area contributed by atoms with Crippen molar-refractivity contribution in [2.45, 2.75) is 6.92 Å². The molecule has 6 heteroatoms. The van der Waals surface area contributed by atoms with Gasteiger partial charge in [0.15, 0.2) is 11.5 Å². The molecule has 0 spiro atoms. The van der Waals surface area contributed by atoms with Crippen LogP contribution in [0.1, 0.15) is 5.56 Å². The first-order chi connectivity index (χ1) is 8.04. The molecule has 0 bridgehead atoms. The Morgan fingerprint density at radius 1 is 1.41 bits per heavy atom. The van der Waals surface area contributed by atoms with Gasteiger partial charge in [-0.3, -0.25) is 14.9 Å². The van der Waals surface area contributed by atoms with E-state index < -0.39 is 4.92 Å². The van der Waals surface area contributed by atoms with Crippen LogP contribution in [-0.4, -0.2) is 31.0 Å². The molecule has 17 heavy (non-hydrogen) atoms. The van der Waals surface area contributed by atoms with E-state index in [1.165, 1.54) is 19.2 Å². The van der Waals surface area contributed by atoms with E-state index in [0.717, 1.165) is 5.56 Å². The van der Waals surface area contributed by atoms with Crippen LogP contribution in [0.5, 0.6) is 5.75 Å². The SMILES string of the molecule is COCC(=O)COc1ccc(C)cc1[N+](=O)[O-]. The number of rotatable bonds is 6. The van der Waals surface area contributed by atoms with Gasteiger partial charge in [-0.2, -0.15) is 0 Å². The third kappa shape index (κ3) is 3.84. The van der Waals surface area contributed by atoms with Crippen LogP contribution in [0.25, 0.3) is 0 Å². The number of methoxy groups -OCH3 is 1. The van der Waals surface area contributed by atoms with E-state index in [9.17, 15) is 14.9 Å². The minimum atomic E-state index is -0.539. The molecule has 0 radical (unpaired) electrons. The van der Waals surface area contributed by atoms with Gasteiger partial charge in [0.2, 0.25) is 0 Å². The summed E-state index contributed by atoms with van der Waals surface area (Å²) < 4.78 is 9.72. The minimum absolute atomic E-state index is 0.0698. The zero-order valence-electron chi connectivity index (χ0n) is 9.63. The molecule has 1 rings (SSSR count). The third-order valence-corrected chi connectivity index (χ3v) is 2.01. The summed E-state index contributed by atoms with van der Waals surface area (Å²) in [5, 5.41) is 10.8. The maximum Gasteiger partial charge on any atom is 0.311 e. The lowest BCUT2D eigenvalue weighted by atomic mass is 10.2. The monoisotopic (exact) mass is 239 g/mol. The zero-order chi connectivity index (χ0) is 12.8. The standard InChI is InChI=1S/C11H13NO5/c1-8-3-4-11(10(5-8)12(14)15)17-7-9(13)6-16-2/h3-5H,6-7H2,1-2H3. The number of ketones is 1. The molecule has 0 heterocycles. The molecule has 0 unspecified atom stereocenters. The predicted molar refractivity (Wildman–Crippen MR) is 60.2 cm³/mol. The second-order valence-electron chi connectivity index (χ2n) is 3.49. The van der Waals surface area contributed by atoms with E-state index in [1.54, 1.807) is 13.0 Å². The molecule has 1 aromatic rings. The summed E-state index contributed by atoms with van der Waals surface area (Å²) in [6.07, 6.45) is 0. The summed E-state index contributed by atoms with van der Waals surface area (Å²) in [6, 6.07) is 4.56. The number of carbonyl (C=O) groups excluding carboxylic acids is 1. The molecule has 0 fully saturated rings. The maximum absolute atomic E-state index is 11.1. The van der Waals surface area contributed by atoms with Crippen molar-refractivity contribution in [3.8, 4) is 5.75 Å². The van der Waals surface area contributed by atoms with Crippen molar-refractivity contribution < 1.29 is 19.2 Å². The lowest BCUT2D eigenvalue weighted by Gasteiger charge is -2.06. The number of nitro benzene ring substituents is 1. The van der Waals surface area contributed by atoms with Gasteiger partial charge in [-0.15, -0.1) is 0 Å². The quantitative estimate of drug-likeness (QED) is 0.555. The molecule has 0 N–H and O–H groups in total. The molecule has 0 aromatic heterocycles. The average molecular weight is 239 g/mol. The Morgan fingerprint density at radius 3 is 2.71 bits per heavy atom. The Kier molecular flexibility index (Phi) is 4.59. The van der Waals surface area contributed by atoms with Gasteiger partial charge < -0.3 is 9.47 Å². The van der Waals surface area contributed by atoms with Crippen molar-refractivity contribution >= 4 is 11.5 Å². The molecule has 0 aliphatic rings. The molecular formula is C11H13NO5.